The summed E-state index contributed by atoms with van der Waals surface area (Å²) in [7, 11) is 0. The van der Waals surface area contributed by atoms with E-state index < -0.39 is 5.97 Å². The summed E-state index contributed by atoms with van der Waals surface area (Å²) in [5, 5.41) is 16.8. The van der Waals surface area contributed by atoms with Gasteiger partial charge in [-0.1, -0.05) is 0 Å². The molecule has 0 unspecified atom stereocenters. The van der Waals surface area contributed by atoms with Gasteiger partial charge in [0, 0.05) is 12.5 Å². The van der Waals surface area contributed by atoms with Crippen molar-refractivity contribution in [2.24, 2.45) is 0 Å². The maximum Gasteiger partial charge on any atom is 0.328 e. The molecule has 0 atom stereocenters. The minimum atomic E-state index is -1.00. The molecular formula is C13H14N2O3. The number of carboxylic acid groups (broad SMARTS) is 1. The van der Waals surface area contributed by atoms with Crippen molar-refractivity contribution in [1.29, 1.82) is 5.26 Å². The number of hydrogen-bond acceptors (Lipinski definition) is 4. The highest BCUT2D eigenvalue weighted by molar-refractivity contribution is 5.84. The Hall–Kier alpha value is -2.35. The number of hydrogen-bond donors (Lipinski definition) is 1. The lowest BCUT2D eigenvalue weighted by Gasteiger charge is -2.04. The van der Waals surface area contributed by atoms with Gasteiger partial charge in [-0.3, -0.25) is 4.98 Å². The summed E-state index contributed by atoms with van der Waals surface area (Å²) < 4.78 is 5.42. The lowest BCUT2D eigenvalue weighted by atomic mass is 10.2. The first-order valence-electron chi connectivity index (χ1n) is 5.59. The van der Waals surface area contributed by atoms with E-state index in [1.165, 1.54) is 6.08 Å². The fourth-order valence-electron chi connectivity index (χ4n) is 1.23. The van der Waals surface area contributed by atoms with Gasteiger partial charge in [0.1, 0.15) is 5.75 Å². The zero-order valence-corrected chi connectivity index (χ0v) is 9.87. The molecule has 0 radical (unpaired) electrons. The average molecular weight is 246 g/mol. The molecule has 1 aromatic heterocycles. The zero-order valence-electron chi connectivity index (χ0n) is 9.87. The Morgan fingerprint density at radius 3 is 2.94 bits per heavy atom. The molecule has 0 aliphatic heterocycles. The first-order valence-corrected chi connectivity index (χ1v) is 5.59. The Labute approximate surface area is 105 Å². The van der Waals surface area contributed by atoms with Gasteiger partial charge in [-0.25, -0.2) is 4.79 Å². The van der Waals surface area contributed by atoms with Gasteiger partial charge in [0.25, 0.3) is 0 Å². The SMILES string of the molecule is N#CCCCCOc1ccc(C=CC(=O)O)nc1. The van der Waals surface area contributed by atoms with Gasteiger partial charge in [-0.05, 0) is 31.1 Å². The number of aromatic nitrogens is 1. The number of nitriles is 1. The predicted octanol–water partition coefficient (Wildman–Crippen LogP) is 2.25. The Bertz CT molecular complexity index is 446. The number of pyridine rings is 1. The summed E-state index contributed by atoms with van der Waals surface area (Å²) in [6, 6.07) is 5.49. The molecule has 0 saturated carbocycles. The van der Waals surface area contributed by atoms with Crippen LogP contribution in [0.4, 0.5) is 0 Å². The lowest BCUT2D eigenvalue weighted by Crippen LogP contribution is -1.97. The largest absolute Gasteiger partial charge is 0.492 e. The quantitative estimate of drug-likeness (QED) is 0.589. The predicted molar refractivity (Wildman–Crippen MR) is 65.9 cm³/mol. The molecular weight excluding hydrogens is 232 g/mol. The number of carbonyl (C=O) groups is 1. The third kappa shape index (κ3) is 5.66. The van der Waals surface area contributed by atoms with E-state index >= 15 is 0 Å². The van der Waals surface area contributed by atoms with Crippen molar-refractivity contribution >= 4 is 12.0 Å². The van der Waals surface area contributed by atoms with Crippen molar-refractivity contribution in [2.45, 2.75) is 19.3 Å². The van der Waals surface area contributed by atoms with E-state index in [1.807, 2.05) is 0 Å². The van der Waals surface area contributed by atoms with Gasteiger partial charge in [-0.15, -0.1) is 0 Å². The molecule has 0 saturated heterocycles. The molecule has 1 aromatic rings. The molecule has 0 amide bonds. The van der Waals surface area contributed by atoms with Crippen LogP contribution in [0.2, 0.25) is 0 Å². The smallest absolute Gasteiger partial charge is 0.328 e. The molecule has 1 N–H and O–H groups in total. The minimum absolute atomic E-state index is 0.542. The number of unbranched alkanes of at least 4 members (excludes halogenated alkanes) is 2. The van der Waals surface area contributed by atoms with E-state index in [0.29, 0.717) is 24.5 Å². The number of aliphatic carboxylic acids is 1. The highest BCUT2D eigenvalue weighted by atomic mass is 16.5. The molecule has 0 spiro atoms. The van der Waals surface area contributed by atoms with Crippen LogP contribution in [-0.4, -0.2) is 22.7 Å². The monoisotopic (exact) mass is 246 g/mol. The van der Waals surface area contributed by atoms with Crippen molar-refractivity contribution in [3.63, 3.8) is 0 Å². The molecule has 18 heavy (non-hydrogen) atoms. The maximum atomic E-state index is 10.3. The second kappa shape index (κ2) is 7.85. The number of carboxylic acids is 1. The molecule has 5 nitrogen and oxygen atoms in total. The van der Waals surface area contributed by atoms with Crippen LogP contribution in [0.25, 0.3) is 6.08 Å². The number of rotatable bonds is 7. The van der Waals surface area contributed by atoms with Crippen molar-refractivity contribution in [3.05, 3.63) is 30.1 Å². The van der Waals surface area contributed by atoms with Crippen molar-refractivity contribution in [3.8, 4) is 11.8 Å². The van der Waals surface area contributed by atoms with E-state index in [9.17, 15) is 4.79 Å². The molecule has 0 bridgehead atoms. The van der Waals surface area contributed by atoms with E-state index in [0.717, 1.165) is 18.9 Å². The van der Waals surface area contributed by atoms with Gasteiger partial charge in [0.15, 0.2) is 0 Å². The fourth-order valence-corrected chi connectivity index (χ4v) is 1.23. The van der Waals surface area contributed by atoms with E-state index in [1.54, 1.807) is 18.3 Å². The van der Waals surface area contributed by atoms with E-state index in [2.05, 4.69) is 11.1 Å². The summed E-state index contributed by atoms with van der Waals surface area (Å²) >= 11 is 0. The minimum Gasteiger partial charge on any atom is -0.492 e. The Kier molecular flexibility index (Phi) is 5.98. The Morgan fingerprint density at radius 1 is 1.50 bits per heavy atom. The molecule has 1 heterocycles. The van der Waals surface area contributed by atoms with Crippen LogP contribution < -0.4 is 4.74 Å². The van der Waals surface area contributed by atoms with E-state index in [-0.39, 0.29) is 0 Å². The highest BCUT2D eigenvalue weighted by Gasteiger charge is 1.96. The summed E-state index contributed by atoms with van der Waals surface area (Å²) in [5.41, 5.74) is 0.564. The molecule has 0 fully saturated rings. The lowest BCUT2D eigenvalue weighted by molar-refractivity contribution is -0.131. The van der Waals surface area contributed by atoms with Crippen molar-refractivity contribution < 1.29 is 14.6 Å². The second-order valence-corrected chi connectivity index (χ2v) is 3.55. The molecule has 0 aromatic carbocycles. The molecule has 0 aliphatic carbocycles. The average Bonchev–Trinajstić information content (AvgIpc) is 2.37. The molecule has 5 heteroatoms. The van der Waals surface area contributed by atoms with Crippen molar-refractivity contribution in [1.82, 2.24) is 4.98 Å². The normalized spacial score (nSPS) is 10.2. The first-order chi connectivity index (χ1) is 8.72. The third-order valence-corrected chi connectivity index (χ3v) is 2.11. The highest BCUT2D eigenvalue weighted by Crippen LogP contribution is 2.10. The van der Waals surface area contributed by atoms with Gasteiger partial charge >= 0.3 is 5.97 Å². The number of nitrogens with zero attached hydrogens (tertiary/aromatic N) is 2. The molecule has 1 rings (SSSR count). The Morgan fingerprint density at radius 2 is 2.33 bits per heavy atom. The summed E-state index contributed by atoms with van der Waals surface area (Å²) in [4.78, 5) is 14.3. The third-order valence-electron chi connectivity index (χ3n) is 2.11. The van der Waals surface area contributed by atoms with Gasteiger partial charge in [-0.2, -0.15) is 5.26 Å². The van der Waals surface area contributed by atoms with Crippen LogP contribution >= 0.6 is 0 Å². The van der Waals surface area contributed by atoms with E-state index in [4.69, 9.17) is 15.1 Å². The second-order valence-electron chi connectivity index (χ2n) is 3.55. The first kappa shape index (κ1) is 13.7. The molecule has 0 aliphatic rings. The van der Waals surface area contributed by atoms with Crippen LogP contribution in [0.5, 0.6) is 5.75 Å². The maximum absolute atomic E-state index is 10.3. The standard InChI is InChI=1S/C13H14N2O3/c14-8-2-1-3-9-18-12-6-4-11(15-10-12)5-7-13(16)17/h4-7,10H,1-3,9H2,(H,16,17). The zero-order chi connectivity index (χ0) is 13.2. The van der Waals surface area contributed by atoms with Crippen LogP contribution in [0.15, 0.2) is 24.4 Å². The van der Waals surface area contributed by atoms with Crippen LogP contribution in [0.1, 0.15) is 25.0 Å². The summed E-state index contributed by atoms with van der Waals surface area (Å²) in [6.45, 7) is 0.549. The van der Waals surface area contributed by atoms with Crippen LogP contribution in [0.3, 0.4) is 0 Å². The van der Waals surface area contributed by atoms with Crippen LogP contribution in [-0.2, 0) is 4.79 Å². The fraction of sp³-hybridized carbons (Fsp3) is 0.308. The van der Waals surface area contributed by atoms with Gasteiger partial charge in [0.2, 0.25) is 0 Å². The summed E-state index contributed by atoms with van der Waals surface area (Å²) in [5.74, 6) is -0.367. The summed E-state index contributed by atoms with van der Waals surface area (Å²) in [6.07, 6.45) is 6.19. The van der Waals surface area contributed by atoms with Crippen molar-refractivity contribution in [2.75, 3.05) is 6.61 Å². The topological polar surface area (TPSA) is 83.2 Å². The van der Waals surface area contributed by atoms with Gasteiger partial charge in [0.05, 0.1) is 24.6 Å². The Balaban J connectivity index is 2.36. The van der Waals surface area contributed by atoms with Crippen LogP contribution in [0, 0.1) is 11.3 Å². The number of ether oxygens (including phenoxy) is 1. The molecule has 94 valence electrons. The van der Waals surface area contributed by atoms with Gasteiger partial charge < -0.3 is 9.84 Å².